The van der Waals surface area contributed by atoms with E-state index in [-0.39, 0.29) is 0 Å². The van der Waals surface area contributed by atoms with Gasteiger partial charge in [0.25, 0.3) is 0 Å². The maximum Gasteiger partial charge on any atom is 0.00514 e. The van der Waals surface area contributed by atoms with Gasteiger partial charge in [-0.25, -0.2) is 0 Å². The van der Waals surface area contributed by atoms with E-state index in [0.717, 1.165) is 17.8 Å². The zero-order chi connectivity index (χ0) is 11.5. The zero-order valence-electron chi connectivity index (χ0n) is 11.0. The molecule has 1 aliphatic heterocycles. The number of hydrogen-bond donors (Lipinski definition) is 1. The molecular weight excluding hydrogens is 196 g/mol. The average molecular weight is 224 g/mol. The quantitative estimate of drug-likeness (QED) is 0.798. The van der Waals surface area contributed by atoms with Crippen LogP contribution in [0.3, 0.4) is 0 Å². The Morgan fingerprint density at radius 1 is 1.31 bits per heavy atom. The number of rotatable bonds is 3. The Morgan fingerprint density at radius 2 is 2.12 bits per heavy atom. The highest BCUT2D eigenvalue weighted by molar-refractivity contribution is 4.83. The van der Waals surface area contributed by atoms with Crippen molar-refractivity contribution in [2.45, 2.75) is 52.0 Å². The molecule has 2 heteroatoms. The third kappa shape index (κ3) is 3.21. The predicted molar refractivity (Wildman–Crippen MR) is 69.3 cm³/mol. The highest BCUT2D eigenvalue weighted by atomic mass is 15.1. The summed E-state index contributed by atoms with van der Waals surface area (Å²) in [6.07, 6.45) is 7.15. The van der Waals surface area contributed by atoms with Gasteiger partial charge in [-0.15, -0.1) is 0 Å². The van der Waals surface area contributed by atoms with Gasteiger partial charge in [0.15, 0.2) is 0 Å². The Morgan fingerprint density at radius 3 is 2.75 bits per heavy atom. The Balaban J connectivity index is 1.74. The highest BCUT2D eigenvalue weighted by Gasteiger charge is 2.28. The SMILES string of the molecule is CC1CCCC(CN2CCC(C(C)N)C2)C1. The van der Waals surface area contributed by atoms with Crippen LogP contribution in [-0.4, -0.2) is 30.6 Å². The van der Waals surface area contributed by atoms with Crippen molar-refractivity contribution in [2.75, 3.05) is 19.6 Å². The third-order valence-corrected chi connectivity index (χ3v) is 4.61. The topological polar surface area (TPSA) is 29.3 Å². The van der Waals surface area contributed by atoms with Crippen molar-refractivity contribution in [1.29, 1.82) is 0 Å². The molecule has 1 saturated heterocycles. The van der Waals surface area contributed by atoms with Gasteiger partial charge >= 0.3 is 0 Å². The molecule has 4 unspecified atom stereocenters. The molecule has 2 fully saturated rings. The summed E-state index contributed by atoms with van der Waals surface area (Å²) in [4.78, 5) is 2.66. The summed E-state index contributed by atoms with van der Waals surface area (Å²) in [5, 5.41) is 0. The summed E-state index contributed by atoms with van der Waals surface area (Å²) in [5.41, 5.74) is 5.99. The van der Waals surface area contributed by atoms with E-state index in [9.17, 15) is 0 Å². The van der Waals surface area contributed by atoms with Crippen LogP contribution in [0.1, 0.15) is 46.0 Å². The van der Waals surface area contributed by atoms with Crippen LogP contribution in [0.4, 0.5) is 0 Å². The van der Waals surface area contributed by atoms with Gasteiger partial charge in [0.05, 0.1) is 0 Å². The van der Waals surface area contributed by atoms with Crippen LogP contribution in [0.2, 0.25) is 0 Å². The first-order valence-corrected chi connectivity index (χ1v) is 7.13. The van der Waals surface area contributed by atoms with E-state index >= 15 is 0 Å². The summed E-state index contributed by atoms with van der Waals surface area (Å²) >= 11 is 0. The number of hydrogen-bond acceptors (Lipinski definition) is 2. The van der Waals surface area contributed by atoms with Gasteiger partial charge in [0.1, 0.15) is 0 Å². The standard InChI is InChI=1S/C14H28N2/c1-11-4-3-5-13(8-11)9-16-7-6-14(10-16)12(2)15/h11-14H,3-10,15H2,1-2H3. The molecule has 2 rings (SSSR count). The largest absolute Gasteiger partial charge is 0.328 e. The minimum atomic E-state index is 0.385. The third-order valence-electron chi connectivity index (χ3n) is 4.61. The lowest BCUT2D eigenvalue weighted by Crippen LogP contribution is -2.33. The minimum Gasteiger partial charge on any atom is -0.328 e. The van der Waals surface area contributed by atoms with Crippen molar-refractivity contribution in [3.8, 4) is 0 Å². The fraction of sp³-hybridized carbons (Fsp3) is 1.00. The molecule has 16 heavy (non-hydrogen) atoms. The molecule has 0 radical (unpaired) electrons. The second kappa shape index (κ2) is 5.50. The lowest BCUT2D eigenvalue weighted by Gasteiger charge is -2.30. The van der Waals surface area contributed by atoms with Crippen molar-refractivity contribution in [3.05, 3.63) is 0 Å². The molecule has 0 aromatic rings. The average Bonchev–Trinajstić information content (AvgIpc) is 2.66. The summed E-state index contributed by atoms with van der Waals surface area (Å²) < 4.78 is 0. The van der Waals surface area contributed by atoms with E-state index in [0.29, 0.717) is 6.04 Å². The predicted octanol–water partition coefficient (Wildman–Crippen LogP) is 2.48. The molecular formula is C14H28N2. The fourth-order valence-electron chi connectivity index (χ4n) is 3.55. The van der Waals surface area contributed by atoms with E-state index in [1.165, 1.54) is 51.7 Å². The first-order valence-electron chi connectivity index (χ1n) is 7.13. The first kappa shape index (κ1) is 12.4. The van der Waals surface area contributed by atoms with Crippen LogP contribution < -0.4 is 5.73 Å². The van der Waals surface area contributed by atoms with Crippen LogP contribution in [-0.2, 0) is 0 Å². The van der Waals surface area contributed by atoms with Crippen LogP contribution in [0.15, 0.2) is 0 Å². The Labute approximate surface area is 101 Å². The Bertz CT molecular complexity index is 215. The molecule has 0 spiro atoms. The van der Waals surface area contributed by atoms with Crippen molar-refractivity contribution >= 4 is 0 Å². The maximum absolute atomic E-state index is 5.99. The summed E-state index contributed by atoms with van der Waals surface area (Å²) in [6.45, 7) is 8.46. The molecule has 94 valence electrons. The molecule has 2 N–H and O–H groups in total. The lowest BCUT2D eigenvalue weighted by molar-refractivity contribution is 0.198. The summed E-state index contributed by atoms with van der Waals surface area (Å²) in [7, 11) is 0. The maximum atomic E-state index is 5.99. The van der Waals surface area contributed by atoms with Crippen molar-refractivity contribution in [2.24, 2.45) is 23.5 Å². The van der Waals surface area contributed by atoms with Crippen molar-refractivity contribution in [1.82, 2.24) is 4.90 Å². The van der Waals surface area contributed by atoms with Gasteiger partial charge in [0, 0.05) is 19.1 Å². The fourth-order valence-corrected chi connectivity index (χ4v) is 3.55. The first-order chi connectivity index (χ1) is 7.65. The highest BCUT2D eigenvalue weighted by Crippen LogP contribution is 2.30. The monoisotopic (exact) mass is 224 g/mol. The number of nitrogens with zero attached hydrogens (tertiary/aromatic N) is 1. The second-order valence-corrected chi connectivity index (χ2v) is 6.31. The smallest absolute Gasteiger partial charge is 0.00514 e. The molecule has 0 aromatic heterocycles. The molecule has 1 saturated carbocycles. The number of nitrogens with two attached hydrogens (primary N) is 1. The van der Waals surface area contributed by atoms with Gasteiger partial charge in [-0.1, -0.05) is 19.8 Å². The molecule has 2 nitrogen and oxygen atoms in total. The molecule has 0 bridgehead atoms. The summed E-state index contributed by atoms with van der Waals surface area (Å²) in [6, 6.07) is 0.385. The van der Waals surface area contributed by atoms with Crippen molar-refractivity contribution in [3.63, 3.8) is 0 Å². The molecule has 0 aromatic carbocycles. The van der Waals surface area contributed by atoms with Gasteiger partial charge in [-0.3, -0.25) is 0 Å². The normalized spacial score (nSPS) is 38.8. The van der Waals surface area contributed by atoms with E-state index in [1.54, 1.807) is 0 Å². The molecule has 4 atom stereocenters. The Hall–Kier alpha value is -0.0800. The van der Waals surface area contributed by atoms with Crippen molar-refractivity contribution < 1.29 is 0 Å². The van der Waals surface area contributed by atoms with Crippen LogP contribution >= 0.6 is 0 Å². The van der Waals surface area contributed by atoms with Gasteiger partial charge in [0.2, 0.25) is 0 Å². The number of likely N-dealkylation sites (tertiary alicyclic amines) is 1. The van der Waals surface area contributed by atoms with E-state index in [2.05, 4.69) is 18.7 Å². The molecule has 0 amide bonds. The van der Waals surface area contributed by atoms with Crippen LogP contribution in [0, 0.1) is 17.8 Å². The van der Waals surface area contributed by atoms with Gasteiger partial charge in [-0.05, 0) is 50.5 Å². The van der Waals surface area contributed by atoms with E-state index < -0.39 is 0 Å². The van der Waals surface area contributed by atoms with E-state index in [4.69, 9.17) is 5.73 Å². The summed E-state index contributed by atoms with van der Waals surface area (Å²) in [5.74, 6) is 2.68. The van der Waals surface area contributed by atoms with E-state index in [1.807, 2.05) is 0 Å². The lowest BCUT2D eigenvalue weighted by atomic mass is 9.82. The molecule has 1 aliphatic carbocycles. The molecule has 1 heterocycles. The Kier molecular flexibility index (Phi) is 4.26. The zero-order valence-corrected chi connectivity index (χ0v) is 11.0. The van der Waals surface area contributed by atoms with Crippen LogP contribution in [0.25, 0.3) is 0 Å². The second-order valence-electron chi connectivity index (χ2n) is 6.31. The minimum absolute atomic E-state index is 0.385. The molecule has 2 aliphatic rings. The van der Waals surface area contributed by atoms with Gasteiger partial charge in [-0.2, -0.15) is 0 Å². The van der Waals surface area contributed by atoms with Crippen LogP contribution in [0.5, 0.6) is 0 Å². The van der Waals surface area contributed by atoms with Gasteiger partial charge < -0.3 is 10.6 Å².